The number of hydrogen-bond acceptors (Lipinski definition) is 5. The van der Waals surface area contributed by atoms with Gasteiger partial charge in [-0.1, -0.05) is 37.3 Å². The molecule has 0 amide bonds. The lowest BCUT2D eigenvalue weighted by Crippen LogP contribution is -2.07. The van der Waals surface area contributed by atoms with Crippen molar-refractivity contribution in [3.05, 3.63) is 84.1 Å². The van der Waals surface area contributed by atoms with Crippen molar-refractivity contribution in [3.8, 4) is 28.7 Å². The van der Waals surface area contributed by atoms with Crippen LogP contribution in [0.5, 0.6) is 11.5 Å². The summed E-state index contributed by atoms with van der Waals surface area (Å²) in [6.07, 6.45) is -3.48. The molecular weight excluding hydrogens is 465 g/mol. The zero-order chi connectivity index (χ0) is 24.5. The molecule has 0 aliphatic heterocycles. The molecule has 0 aliphatic carbocycles. The number of ether oxygens (including phenoxy) is 1. The van der Waals surface area contributed by atoms with Crippen molar-refractivity contribution in [2.24, 2.45) is 0 Å². The van der Waals surface area contributed by atoms with Crippen LogP contribution in [-0.2, 0) is 16.0 Å². The van der Waals surface area contributed by atoms with Gasteiger partial charge in [-0.25, -0.2) is 8.42 Å². The molecule has 5 nitrogen and oxygen atoms in total. The smallest absolute Gasteiger partial charge is 0.418 e. The third-order valence-electron chi connectivity index (χ3n) is 5.23. The van der Waals surface area contributed by atoms with Gasteiger partial charge in [-0.3, -0.25) is 4.98 Å². The van der Waals surface area contributed by atoms with E-state index in [0.29, 0.717) is 16.9 Å². The van der Waals surface area contributed by atoms with Gasteiger partial charge in [0.25, 0.3) is 0 Å². The van der Waals surface area contributed by atoms with Gasteiger partial charge < -0.3 is 4.74 Å². The Kier molecular flexibility index (Phi) is 6.02. The van der Waals surface area contributed by atoms with Crippen molar-refractivity contribution in [1.82, 2.24) is 4.98 Å². The first-order valence-corrected chi connectivity index (χ1v) is 11.8. The highest BCUT2D eigenvalue weighted by Gasteiger charge is 2.33. The van der Waals surface area contributed by atoms with Gasteiger partial charge in [0.2, 0.25) is 0 Å². The van der Waals surface area contributed by atoms with Crippen LogP contribution in [0.1, 0.15) is 18.1 Å². The minimum atomic E-state index is -4.60. The molecule has 3 aromatic carbocycles. The average molecular weight is 482 g/mol. The van der Waals surface area contributed by atoms with E-state index in [2.05, 4.69) is 4.98 Å². The minimum absolute atomic E-state index is 0.0576. The number of sulfone groups is 1. The molecule has 0 fully saturated rings. The molecule has 0 atom stereocenters. The van der Waals surface area contributed by atoms with E-state index in [-0.39, 0.29) is 32.9 Å². The fourth-order valence-corrected chi connectivity index (χ4v) is 4.51. The molecule has 1 heterocycles. The van der Waals surface area contributed by atoms with Crippen molar-refractivity contribution in [3.63, 3.8) is 0 Å². The van der Waals surface area contributed by atoms with Gasteiger partial charge in [0.1, 0.15) is 17.6 Å². The molecule has 172 valence electrons. The highest BCUT2D eigenvalue weighted by Crippen LogP contribution is 2.39. The van der Waals surface area contributed by atoms with Crippen molar-refractivity contribution in [2.75, 3.05) is 5.75 Å². The van der Waals surface area contributed by atoms with Gasteiger partial charge in [-0.2, -0.15) is 18.4 Å². The Morgan fingerprint density at radius 3 is 2.35 bits per heavy atom. The normalized spacial score (nSPS) is 11.9. The maximum absolute atomic E-state index is 13.5. The van der Waals surface area contributed by atoms with Crippen molar-refractivity contribution in [2.45, 2.75) is 18.0 Å². The number of benzene rings is 3. The zero-order valence-electron chi connectivity index (χ0n) is 17.8. The van der Waals surface area contributed by atoms with Crippen LogP contribution in [0, 0.1) is 11.3 Å². The Labute approximate surface area is 194 Å². The van der Waals surface area contributed by atoms with Gasteiger partial charge in [0, 0.05) is 17.1 Å². The molecule has 0 saturated carbocycles. The Balaban J connectivity index is 1.82. The van der Waals surface area contributed by atoms with E-state index >= 15 is 0 Å². The van der Waals surface area contributed by atoms with E-state index < -0.39 is 21.6 Å². The highest BCUT2D eigenvalue weighted by molar-refractivity contribution is 7.91. The monoisotopic (exact) mass is 482 g/mol. The Morgan fingerprint density at radius 1 is 1.00 bits per heavy atom. The number of hydrogen-bond donors (Lipinski definition) is 0. The Hall–Kier alpha value is -3.90. The van der Waals surface area contributed by atoms with Crippen LogP contribution >= 0.6 is 0 Å². The molecule has 1 aromatic heterocycles. The van der Waals surface area contributed by atoms with Gasteiger partial charge >= 0.3 is 6.18 Å². The molecule has 34 heavy (non-hydrogen) atoms. The van der Waals surface area contributed by atoms with Gasteiger partial charge in [-0.05, 0) is 42.0 Å². The summed E-state index contributed by atoms with van der Waals surface area (Å²) in [5, 5.41) is 9.79. The van der Waals surface area contributed by atoms with Gasteiger partial charge in [0.05, 0.1) is 27.3 Å². The molecule has 0 unspecified atom stereocenters. The number of pyridine rings is 1. The first-order chi connectivity index (χ1) is 16.1. The van der Waals surface area contributed by atoms with E-state index in [0.717, 1.165) is 12.3 Å². The van der Waals surface area contributed by atoms with Crippen LogP contribution in [0.3, 0.4) is 0 Å². The van der Waals surface area contributed by atoms with Crippen molar-refractivity contribution < 1.29 is 26.3 Å². The first kappa shape index (κ1) is 23.3. The van der Waals surface area contributed by atoms with Gasteiger partial charge in [0.15, 0.2) is 9.84 Å². The summed E-state index contributed by atoms with van der Waals surface area (Å²) in [5.41, 5.74) is -0.283. The summed E-state index contributed by atoms with van der Waals surface area (Å²) in [4.78, 5) is 4.03. The number of nitriles is 1. The van der Waals surface area contributed by atoms with Crippen LogP contribution in [-0.4, -0.2) is 19.2 Å². The highest BCUT2D eigenvalue weighted by atomic mass is 32.2. The van der Waals surface area contributed by atoms with Crippen LogP contribution in [0.4, 0.5) is 13.2 Å². The molecule has 4 aromatic rings. The Morgan fingerprint density at radius 2 is 1.68 bits per heavy atom. The van der Waals surface area contributed by atoms with E-state index in [9.17, 15) is 26.9 Å². The topological polar surface area (TPSA) is 80.0 Å². The number of aromatic nitrogens is 1. The number of fused-ring (bicyclic) bond motifs is 1. The second-order valence-corrected chi connectivity index (χ2v) is 9.64. The largest absolute Gasteiger partial charge is 0.457 e. The second-order valence-electron chi connectivity index (χ2n) is 7.37. The second kappa shape index (κ2) is 8.80. The Bertz CT molecular complexity index is 1540. The fraction of sp³-hybridized carbons (Fsp3) is 0.120. The predicted molar refractivity (Wildman–Crippen MR) is 121 cm³/mol. The lowest BCUT2D eigenvalue weighted by Gasteiger charge is -2.14. The molecule has 4 rings (SSSR count). The van der Waals surface area contributed by atoms with Crippen molar-refractivity contribution >= 4 is 20.7 Å². The summed E-state index contributed by atoms with van der Waals surface area (Å²) in [7, 11) is -3.43. The molecule has 0 saturated heterocycles. The summed E-state index contributed by atoms with van der Waals surface area (Å²) in [5.74, 6) is 0.549. The molecule has 0 radical (unpaired) electrons. The quantitative estimate of drug-likeness (QED) is 0.330. The number of rotatable bonds is 5. The van der Waals surface area contributed by atoms with Gasteiger partial charge in [-0.15, -0.1) is 0 Å². The summed E-state index contributed by atoms with van der Waals surface area (Å²) in [6.45, 7) is 1.54. The first-order valence-electron chi connectivity index (χ1n) is 10.1. The maximum atomic E-state index is 13.5. The molecular formula is C25H17F3N2O3S. The van der Waals surface area contributed by atoms with E-state index in [1.807, 2.05) is 6.07 Å². The molecule has 9 heteroatoms. The molecule has 0 aliphatic rings. The van der Waals surface area contributed by atoms with E-state index in [1.54, 1.807) is 43.3 Å². The number of alkyl halides is 3. The van der Waals surface area contributed by atoms with Crippen LogP contribution in [0.2, 0.25) is 0 Å². The summed E-state index contributed by atoms with van der Waals surface area (Å²) >= 11 is 0. The third kappa shape index (κ3) is 4.45. The number of nitrogens with zero attached hydrogens (tertiary/aromatic N) is 2. The standard InChI is InChI=1S/C25H17F3N2O3S/c1-2-34(31,32)20-9-4-8-19(13-20)33-18-7-3-6-16(12-18)23-17(14-29)15-30-24-21(23)10-5-11-22(24)25(26,27)28/h3-13,15H,2H2,1H3. The fourth-order valence-electron chi connectivity index (χ4n) is 3.60. The molecule has 0 bridgehead atoms. The summed E-state index contributed by atoms with van der Waals surface area (Å²) < 4.78 is 70.7. The average Bonchev–Trinajstić information content (AvgIpc) is 2.82. The predicted octanol–water partition coefficient (Wildman–Crippen LogP) is 6.38. The SMILES string of the molecule is CCS(=O)(=O)c1cccc(Oc2cccc(-c3c(C#N)cnc4c(C(F)(F)F)cccc34)c2)c1. The van der Waals surface area contributed by atoms with Crippen molar-refractivity contribution in [1.29, 1.82) is 5.26 Å². The van der Waals surface area contributed by atoms with E-state index in [4.69, 9.17) is 4.74 Å². The molecule has 0 N–H and O–H groups in total. The number of halogens is 3. The maximum Gasteiger partial charge on any atom is 0.418 e. The lowest BCUT2D eigenvalue weighted by molar-refractivity contribution is -0.136. The van der Waals surface area contributed by atoms with Crippen LogP contribution in [0.15, 0.2) is 77.8 Å². The minimum Gasteiger partial charge on any atom is -0.457 e. The third-order valence-corrected chi connectivity index (χ3v) is 6.96. The van der Waals surface area contributed by atoms with Crippen LogP contribution < -0.4 is 4.74 Å². The number of para-hydroxylation sites is 1. The zero-order valence-corrected chi connectivity index (χ0v) is 18.6. The van der Waals surface area contributed by atoms with E-state index in [1.165, 1.54) is 24.3 Å². The van der Waals surface area contributed by atoms with Crippen LogP contribution in [0.25, 0.3) is 22.0 Å². The summed E-state index contributed by atoms with van der Waals surface area (Å²) in [6, 6.07) is 18.2. The molecule has 0 spiro atoms. The lowest BCUT2D eigenvalue weighted by atomic mass is 9.95.